The molecule has 0 bridgehead atoms. The zero-order valence-electron chi connectivity index (χ0n) is 13.3. The van der Waals surface area contributed by atoms with Crippen LogP contribution in [0, 0.1) is 11.8 Å². The molecule has 0 spiro atoms. The molecule has 0 radical (unpaired) electrons. The first-order valence-electron chi connectivity index (χ1n) is 7.70. The van der Waals surface area contributed by atoms with Crippen molar-refractivity contribution in [3.05, 3.63) is 23.8 Å². The van der Waals surface area contributed by atoms with Crippen LogP contribution in [-0.2, 0) is 6.54 Å². The molecule has 1 heterocycles. The van der Waals surface area contributed by atoms with Gasteiger partial charge in [-0.1, -0.05) is 13.0 Å². The summed E-state index contributed by atoms with van der Waals surface area (Å²) in [5, 5.41) is 9.16. The fourth-order valence-electron chi connectivity index (χ4n) is 3.13. The Bertz CT molecular complexity index is 450. The molecule has 1 fully saturated rings. The second-order valence-electron chi connectivity index (χ2n) is 6.10. The van der Waals surface area contributed by atoms with Gasteiger partial charge in [0, 0.05) is 19.7 Å². The summed E-state index contributed by atoms with van der Waals surface area (Å²) in [6, 6.07) is 6.13. The smallest absolute Gasteiger partial charge is 0.161 e. The van der Waals surface area contributed by atoms with Crippen LogP contribution in [0.4, 0.5) is 0 Å². The first-order chi connectivity index (χ1) is 10.2. The normalized spacial score (nSPS) is 20.5. The van der Waals surface area contributed by atoms with Gasteiger partial charge in [0.2, 0.25) is 0 Å². The van der Waals surface area contributed by atoms with Crippen molar-refractivity contribution in [3.8, 4) is 11.5 Å². The SMILES string of the molecule is COc1ccc(CN2CCC(CC(C)CO)C2)cc1OC. The molecule has 118 valence electrons. The lowest BCUT2D eigenvalue weighted by atomic mass is 9.96. The number of ether oxygens (including phenoxy) is 2. The van der Waals surface area contributed by atoms with Crippen LogP contribution >= 0.6 is 0 Å². The molecule has 2 unspecified atom stereocenters. The molecule has 1 aliphatic heterocycles. The van der Waals surface area contributed by atoms with E-state index in [9.17, 15) is 0 Å². The van der Waals surface area contributed by atoms with Crippen molar-refractivity contribution in [2.45, 2.75) is 26.3 Å². The highest BCUT2D eigenvalue weighted by Crippen LogP contribution is 2.29. The molecule has 2 rings (SSSR count). The van der Waals surface area contributed by atoms with Crippen LogP contribution in [0.5, 0.6) is 11.5 Å². The van der Waals surface area contributed by atoms with E-state index < -0.39 is 0 Å². The standard InChI is InChI=1S/C17H27NO3/c1-13(12-19)8-15-6-7-18(11-15)10-14-4-5-16(20-2)17(9-14)21-3/h4-5,9,13,15,19H,6-8,10-12H2,1-3H3. The van der Waals surface area contributed by atoms with E-state index in [1.165, 1.54) is 12.0 Å². The topological polar surface area (TPSA) is 41.9 Å². The predicted molar refractivity (Wildman–Crippen MR) is 83.8 cm³/mol. The van der Waals surface area contributed by atoms with Gasteiger partial charge in [-0.05, 0) is 48.9 Å². The number of hydrogen-bond acceptors (Lipinski definition) is 4. The molecule has 0 amide bonds. The number of methoxy groups -OCH3 is 2. The van der Waals surface area contributed by atoms with Gasteiger partial charge in [-0.3, -0.25) is 4.90 Å². The number of benzene rings is 1. The number of likely N-dealkylation sites (tertiary alicyclic amines) is 1. The van der Waals surface area contributed by atoms with Gasteiger partial charge in [-0.2, -0.15) is 0 Å². The van der Waals surface area contributed by atoms with Gasteiger partial charge in [-0.25, -0.2) is 0 Å². The molecule has 4 nitrogen and oxygen atoms in total. The minimum atomic E-state index is 0.298. The highest BCUT2D eigenvalue weighted by Gasteiger charge is 2.24. The van der Waals surface area contributed by atoms with Crippen LogP contribution in [0.3, 0.4) is 0 Å². The van der Waals surface area contributed by atoms with E-state index in [2.05, 4.69) is 24.0 Å². The van der Waals surface area contributed by atoms with E-state index in [4.69, 9.17) is 14.6 Å². The van der Waals surface area contributed by atoms with Gasteiger partial charge < -0.3 is 14.6 Å². The molecular weight excluding hydrogens is 266 g/mol. The van der Waals surface area contributed by atoms with Crippen molar-refractivity contribution in [1.29, 1.82) is 0 Å². The minimum Gasteiger partial charge on any atom is -0.493 e. The number of rotatable bonds is 7. The minimum absolute atomic E-state index is 0.298. The van der Waals surface area contributed by atoms with E-state index in [0.717, 1.165) is 37.6 Å². The van der Waals surface area contributed by atoms with Crippen molar-refractivity contribution in [1.82, 2.24) is 4.90 Å². The van der Waals surface area contributed by atoms with Gasteiger partial charge in [0.15, 0.2) is 11.5 Å². The van der Waals surface area contributed by atoms with Crippen molar-refractivity contribution < 1.29 is 14.6 Å². The summed E-state index contributed by atoms with van der Waals surface area (Å²) < 4.78 is 10.6. The maximum Gasteiger partial charge on any atom is 0.161 e. The fraction of sp³-hybridized carbons (Fsp3) is 0.647. The third kappa shape index (κ3) is 4.35. The molecular formula is C17H27NO3. The van der Waals surface area contributed by atoms with E-state index in [0.29, 0.717) is 18.4 Å². The Balaban J connectivity index is 1.91. The van der Waals surface area contributed by atoms with Crippen LogP contribution in [0.1, 0.15) is 25.3 Å². The zero-order chi connectivity index (χ0) is 15.2. The predicted octanol–water partition coefficient (Wildman–Crippen LogP) is 2.54. The van der Waals surface area contributed by atoms with Crippen LogP contribution in [0.2, 0.25) is 0 Å². The second-order valence-corrected chi connectivity index (χ2v) is 6.10. The molecule has 1 aliphatic rings. The number of aliphatic hydroxyl groups is 1. The van der Waals surface area contributed by atoms with Crippen molar-refractivity contribution in [2.75, 3.05) is 33.9 Å². The highest BCUT2D eigenvalue weighted by atomic mass is 16.5. The van der Waals surface area contributed by atoms with Crippen molar-refractivity contribution in [3.63, 3.8) is 0 Å². The lowest BCUT2D eigenvalue weighted by Crippen LogP contribution is -2.21. The molecule has 1 saturated heterocycles. The van der Waals surface area contributed by atoms with Gasteiger partial charge in [-0.15, -0.1) is 0 Å². The third-order valence-electron chi connectivity index (χ3n) is 4.27. The lowest BCUT2D eigenvalue weighted by Gasteiger charge is -2.18. The summed E-state index contributed by atoms with van der Waals surface area (Å²) in [5.41, 5.74) is 1.25. The zero-order valence-corrected chi connectivity index (χ0v) is 13.3. The summed E-state index contributed by atoms with van der Waals surface area (Å²) in [5.74, 6) is 2.69. The molecule has 21 heavy (non-hydrogen) atoms. The first-order valence-corrected chi connectivity index (χ1v) is 7.70. The monoisotopic (exact) mass is 293 g/mol. The van der Waals surface area contributed by atoms with E-state index in [-0.39, 0.29) is 0 Å². The number of aliphatic hydroxyl groups excluding tert-OH is 1. The van der Waals surface area contributed by atoms with Crippen LogP contribution in [0.25, 0.3) is 0 Å². The molecule has 2 atom stereocenters. The third-order valence-corrected chi connectivity index (χ3v) is 4.27. The molecule has 0 saturated carbocycles. The van der Waals surface area contributed by atoms with E-state index in [1.54, 1.807) is 14.2 Å². The largest absolute Gasteiger partial charge is 0.493 e. The van der Waals surface area contributed by atoms with Gasteiger partial charge in [0.1, 0.15) is 0 Å². The number of nitrogens with zero attached hydrogens (tertiary/aromatic N) is 1. The average Bonchev–Trinajstić information content (AvgIpc) is 2.93. The Hall–Kier alpha value is -1.26. The molecule has 1 aromatic carbocycles. The van der Waals surface area contributed by atoms with Gasteiger partial charge in [0.05, 0.1) is 14.2 Å². The second kappa shape index (κ2) is 7.66. The quantitative estimate of drug-likeness (QED) is 0.839. The van der Waals surface area contributed by atoms with Gasteiger partial charge in [0.25, 0.3) is 0 Å². The van der Waals surface area contributed by atoms with E-state index >= 15 is 0 Å². The molecule has 4 heteroatoms. The summed E-state index contributed by atoms with van der Waals surface area (Å²) in [6.45, 7) is 5.63. The summed E-state index contributed by atoms with van der Waals surface area (Å²) >= 11 is 0. The number of hydrogen-bond donors (Lipinski definition) is 1. The summed E-state index contributed by atoms with van der Waals surface area (Å²) in [4.78, 5) is 2.48. The van der Waals surface area contributed by atoms with Crippen molar-refractivity contribution >= 4 is 0 Å². The maximum absolute atomic E-state index is 9.16. The molecule has 1 N–H and O–H groups in total. The Morgan fingerprint density at radius 3 is 2.71 bits per heavy atom. The Labute approximate surface area is 127 Å². The summed E-state index contributed by atoms with van der Waals surface area (Å²) in [6.07, 6.45) is 2.36. The maximum atomic E-state index is 9.16. The molecule has 1 aromatic rings. The lowest BCUT2D eigenvalue weighted by molar-refractivity contribution is 0.210. The Kier molecular flexibility index (Phi) is 5.88. The first kappa shape index (κ1) is 16.1. The molecule has 0 aliphatic carbocycles. The Morgan fingerprint density at radius 1 is 1.29 bits per heavy atom. The molecule has 0 aromatic heterocycles. The van der Waals surface area contributed by atoms with Crippen LogP contribution < -0.4 is 9.47 Å². The average molecular weight is 293 g/mol. The van der Waals surface area contributed by atoms with Gasteiger partial charge >= 0.3 is 0 Å². The Morgan fingerprint density at radius 2 is 2.05 bits per heavy atom. The van der Waals surface area contributed by atoms with Crippen LogP contribution in [-0.4, -0.2) is 43.9 Å². The van der Waals surface area contributed by atoms with Crippen molar-refractivity contribution in [2.24, 2.45) is 11.8 Å². The van der Waals surface area contributed by atoms with E-state index in [1.807, 2.05) is 6.07 Å². The van der Waals surface area contributed by atoms with Crippen LogP contribution in [0.15, 0.2) is 18.2 Å². The fourth-order valence-corrected chi connectivity index (χ4v) is 3.13. The highest BCUT2D eigenvalue weighted by molar-refractivity contribution is 5.42. The summed E-state index contributed by atoms with van der Waals surface area (Å²) in [7, 11) is 3.33.